The fourth-order valence-corrected chi connectivity index (χ4v) is 1.98. The maximum absolute atomic E-state index is 11.4. The molecule has 1 amide bonds. The summed E-state index contributed by atoms with van der Waals surface area (Å²) < 4.78 is 7.04. The van der Waals surface area contributed by atoms with Gasteiger partial charge in [-0.15, -0.1) is 0 Å². The third-order valence-electron chi connectivity index (χ3n) is 3.15. The second-order valence-electron chi connectivity index (χ2n) is 6.26. The first kappa shape index (κ1) is 18.2. The zero-order valence-electron chi connectivity index (χ0n) is 14.5. The molecule has 0 bridgehead atoms. The van der Waals surface area contributed by atoms with Crippen LogP contribution in [0.25, 0.3) is 0 Å². The van der Waals surface area contributed by atoms with Crippen molar-refractivity contribution in [2.45, 2.75) is 46.8 Å². The lowest BCUT2D eigenvalue weighted by molar-refractivity contribution is 0.0534. The van der Waals surface area contributed by atoms with Gasteiger partial charge < -0.3 is 15.4 Å². The zero-order chi connectivity index (χ0) is 16.8. The molecule has 1 heterocycles. The van der Waals surface area contributed by atoms with E-state index < -0.39 is 11.7 Å². The first-order valence-corrected chi connectivity index (χ1v) is 7.52. The summed E-state index contributed by atoms with van der Waals surface area (Å²) in [6.45, 7) is 11.6. The van der Waals surface area contributed by atoms with E-state index in [1.54, 1.807) is 0 Å². The molecule has 6 heteroatoms. The Hall–Kier alpha value is -1.82. The highest BCUT2D eigenvalue weighted by molar-refractivity contribution is 5.67. The fourth-order valence-electron chi connectivity index (χ4n) is 1.98. The Balaban J connectivity index is 2.21. The van der Waals surface area contributed by atoms with Crippen molar-refractivity contribution >= 4 is 6.09 Å². The van der Waals surface area contributed by atoms with Crippen LogP contribution >= 0.6 is 0 Å². The smallest absolute Gasteiger partial charge is 0.407 e. The van der Waals surface area contributed by atoms with Gasteiger partial charge in [-0.3, -0.25) is 4.68 Å². The van der Waals surface area contributed by atoms with Crippen molar-refractivity contribution in [2.24, 2.45) is 7.05 Å². The Kier molecular flexibility index (Phi) is 6.61. The minimum atomic E-state index is -0.463. The van der Waals surface area contributed by atoms with E-state index in [2.05, 4.69) is 22.7 Å². The normalized spacial score (nSPS) is 11.9. The topological polar surface area (TPSA) is 68.2 Å². The molecule has 0 aromatic carbocycles. The highest BCUT2D eigenvalue weighted by atomic mass is 16.6. The van der Waals surface area contributed by atoms with E-state index in [-0.39, 0.29) is 0 Å². The van der Waals surface area contributed by atoms with Crippen LogP contribution in [0, 0.1) is 13.8 Å². The number of aromatic nitrogens is 2. The average molecular weight is 308 g/mol. The molecule has 0 atom stereocenters. The standard InChI is InChI=1S/C16H28N4O2/c1-12-14(13(2)20(6)19-12)11-17-9-7-8-10-18-15(21)22-16(3,4)5/h7-8,17H,9-11H2,1-6H3,(H,18,21)/b8-7+. The number of hydrogen-bond acceptors (Lipinski definition) is 4. The van der Waals surface area contributed by atoms with E-state index in [0.717, 1.165) is 18.8 Å². The van der Waals surface area contributed by atoms with E-state index in [9.17, 15) is 4.79 Å². The summed E-state index contributed by atoms with van der Waals surface area (Å²) in [6.07, 6.45) is 3.49. The predicted molar refractivity (Wildman–Crippen MR) is 87.8 cm³/mol. The minimum absolute atomic E-state index is 0.397. The third kappa shape index (κ3) is 6.30. The summed E-state index contributed by atoms with van der Waals surface area (Å²) in [5, 5.41) is 10.4. The van der Waals surface area contributed by atoms with E-state index in [0.29, 0.717) is 6.54 Å². The van der Waals surface area contributed by atoms with Crippen molar-refractivity contribution < 1.29 is 9.53 Å². The van der Waals surface area contributed by atoms with Gasteiger partial charge in [0.1, 0.15) is 5.60 Å². The molecule has 0 aliphatic rings. The van der Waals surface area contributed by atoms with Crippen LogP contribution in [0.3, 0.4) is 0 Å². The molecule has 6 nitrogen and oxygen atoms in total. The highest BCUT2D eigenvalue weighted by Crippen LogP contribution is 2.10. The highest BCUT2D eigenvalue weighted by Gasteiger charge is 2.14. The number of nitrogens with zero attached hydrogens (tertiary/aromatic N) is 2. The van der Waals surface area contributed by atoms with Gasteiger partial charge in [-0.05, 0) is 34.6 Å². The van der Waals surface area contributed by atoms with Crippen molar-refractivity contribution in [1.29, 1.82) is 0 Å². The summed E-state index contributed by atoms with van der Waals surface area (Å²) in [5.41, 5.74) is 3.01. The van der Waals surface area contributed by atoms with Gasteiger partial charge in [-0.1, -0.05) is 12.2 Å². The Morgan fingerprint density at radius 1 is 1.27 bits per heavy atom. The van der Waals surface area contributed by atoms with Crippen LogP contribution in [-0.2, 0) is 18.3 Å². The molecular weight excluding hydrogens is 280 g/mol. The molecule has 22 heavy (non-hydrogen) atoms. The molecule has 1 rings (SSSR count). The number of nitrogens with one attached hydrogen (secondary N) is 2. The van der Waals surface area contributed by atoms with Crippen LogP contribution in [0.5, 0.6) is 0 Å². The lowest BCUT2D eigenvalue weighted by Gasteiger charge is -2.19. The molecule has 0 saturated heterocycles. The largest absolute Gasteiger partial charge is 0.444 e. The summed E-state index contributed by atoms with van der Waals surface area (Å²) in [7, 11) is 1.95. The van der Waals surface area contributed by atoms with Crippen LogP contribution in [0.15, 0.2) is 12.2 Å². The molecule has 0 spiro atoms. The summed E-state index contributed by atoms with van der Waals surface area (Å²) in [5.74, 6) is 0. The van der Waals surface area contributed by atoms with Crippen molar-refractivity contribution in [3.63, 3.8) is 0 Å². The zero-order valence-corrected chi connectivity index (χ0v) is 14.5. The first-order valence-electron chi connectivity index (χ1n) is 7.52. The van der Waals surface area contributed by atoms with Crippen LogP contribution in [-0.4, -0.2) is 34.6 Å². The van der Waals surface area contributed by atoms with Gasteiger partial charge in [0, 0.05) is 37.9 Å². The molecule has 0 radical (unpaired) electrons. The Labute approximate surface area is 132 Å². The molecule has 0 aliphatic carbocycles. The van der Waals surface area contributed by atoms with E-state index in [1.807, 2.05) is 51.6 Å². The lowest BCUT2D eigenvalue weighted by Crippen LogP contribution is -2.32. The first-order chi connectivity index (χ1) is 10.2. The number of carbonyl (C=O) groups excluding carboxylic acids is 1. The number of rotatable bonds is 6. The van der Waals surface area contributed by atoms with Crippen molar-refractivity contribution in [1.82, 2.24) is 20.4 Å². The predicted octanol–water partition coefficient (Wildman–Crippen LogP) is 2.21. The van der Waals surface area contributed by atoms with Crippen LogP contribution in [0.1, 0.15) is 37.7 Å². The fraction of sp³-hybridized carbons (Fsp3) is 0.625. The molecule has 124 valence electrons. The number of amides is 1. The number of hydrogen-bond donors (Lipinski definition) is 2. The maximum Gasteiger partial charge on any atom is 0.407 e. The number of carbonyl (C=O) groups is 1. The van der Waals surface area contributed by atoms with Crippen molar-refractivity contribution in [2.75, 3.05) is 13.1 Å². The van der Waals surface area contributed by atoms with Gasteiger partial charge in [0.05, 0.1) is 5.69 Å². The van der Waals surface area contributed by atoms with Gasteiger partial charge >= 0.3 is 6.09 Å². The summed E-state index contributed by atoms with van der Waals surface area (Å²) in [4.78, 5) is 11.4. The van der Waals surface area contributed by atoms with Crippen molar-refractivity contribution in [3.05, 3.63) is 29.1 Å². The second kappa shape index (κ2) is 7.98. The maximum atomic E-state index is 11.4. The van der Waals surface area contributed by atoms with Gasteiger partial charge in [-0.2, -0.15) is 5.10 Å². The van der Waals surface area contributed by atoms with Gasteiger partial charge in [-0.25, -0.2) is 4.79 Å². The van der Waals surface area contributed by atoms with Crippen LogP contribution in [0.4, 0.5) is 4.79 Å². The Morgan fingerprint density at radius 2 is 1.91 bits per heavy atom. The molecule has 1 aromatic rings. The molecule has 2 N–H and O–H groups in total. The van der Waals surface area contributed by atoms with E-state index >= 15 is 0 Å². The molecule has 0 fully saturated rings. The molecular formula is C16H28N4O2. The monoisotopic (exact) mass is 308 g/mol. The van der Waals surface area contributed by atoms with Gasteiger partial charge in [0.2, 0.25) is 0 Å². The average Bonchev–Trinajstić information content (AvgIpc) is 2.61. The van der Waals surface area contributed by atoms with Crippen LogP contribution in [0.2, 0.25) is 0 Å². The van der Waals surface area contributed by atoms with Crippen LogP contribution < -0.4 is 10.6 Å². The molecule has 1 aromatic heterocycles. The number of ether oxygens (including phenoxy) is 1. The quantitative estimate of drug-likeness (QED) is 0.624. The Bertz CT molecular complexity index is 527. The number of alkyl carbamates (subject to hydrolysis) is 1. The minimum Gasteiger partial charge on any atom is -0.444 e. The molecule has 0 aliphatic heterocycles. The number of aryl methyl sites for hydroxylation is 2. The second-order valence-corrected chi connectivity index (χ2v) is 6.26. The van der Waals surface area contributed by atoms with Gasteiger partial charge in [0.15, 0.2) is 0 Å². The third-order valence-corrected chi connectivity index (χ3v) is 3.15. The van der Waals surface area contributed by atoms with E-state index in [4.69, 9.17) is 4.74 Å². The molecule has 0 saturated carbocycles. The summed E-state index contributed by atoms with van der Waals surface area (Å²) >= 11 is 0. The molecule has 0 unspecified atom stereocenters. The SMILES string of the molecule is Cc1nn(C)c(C)c1CNC/C=C/CNC(=O)OC(C)(C)C. The van der Waals surface area contributed by atoms with Crippen molar-refractivity contribution in [3.8, 4) is 0 Å². The Morgan fingerprint density at radius 3 is 2.45 bits per heavy atom. The van der Waals surface area contributed by atoms with Gasteiger partial charge in [0.25, 0.3) is 0 Å². The lowest BCUT2D eigenvalue weighted by atomic mass is 10.2. The van der Waals surface area contributed by atoms with E-state index in [1.165, 1.54) is 11.3 Å². The summed E-state index contributed by atoms with van der Waals surface area (Å²) in [6, 6.07) is 0.